The van der Waals surface area contributed by atoms with Gasteiger partial charge in [0.25, 0.3) is 0 Å². The number of fused-ring (bicyclic) bond motifs is 9. The number of allylic oxidation sites excluding steroid dienone is 22. The van der Waals surface area contributed by atoms with Gasteiger partial charge in [-0.2, -0.15) is 0 Å². The summed E-state index contributed by atoms with van der Waals surface area (Å²) in [7, 11) is 0. The van der Waals surface area contributed by atoms with Crippen molar-refractivity contribution in [1.82, 2.24) is 4.90 Å². The molecule has 1 fully saturated rings. The molecule has 0 aromatic carbocycles. The third-order valence-electron chi connectivity index (χ3n) is 14.1. The highest BCUT2D eigenvalue weighted by molar-refractivity contribution is 8.07. The lowest BCUT2D eigenvalue weighted by molar-refractivity contribution is 0.207. The molecule has 1 saturated heterocycles. The zero-order chi connectivity index (χ0) is 34.2. The zero-order valence-electron chi connectivity index (χ0n) is 30.4. The maximum absolute atomic E-state index is 2.89. The summed E-state index contributed by atoms with van der Waals surface area (Å²) in [6.45, 7) is 0. The Hall–Kier alpha value is -3.14. The molecule has 0 saturated carbocycles. The highest BCUT2D eigenvalue weighted by Gasteiger charge is 2.61. The van der Waals surface area contributed by atoms with Crippen LogP contribution in [-0.2, 0) is 0 Å². The Kier molecular flexibility index (Phi) is 8.09. The van der Waals surface area contributed by atoms with Gasteiger partial charge in [0.05, 0.1) is 6.04 Å². The molecule has 3 heterocycles. The summed E-state index contributed by atoms with van der Waals surface area (Å²) in [6.07, 6.45) is 61.8. The second-order valence-corrected chi connectivity index (χ2v) is 19.3. The third kappa shape index (κ3) is 4.97. The largest absolute Gasteiger partial charge is 0.337 e. The van der Waals surface area contributed by atoms with E-state index in [1.54, 1.807) is 37.8 Å². The zero-order valence-corrected chi connectivity index (χ0v) is 32.0. The molecule has 8 atom stereocenters. The van der Waals surface area contributed by atoms with E-state index in [0.717, 1.165) is 25.2 Å². The van der Waals surface area contributed by atoms with Crippen molar-refractivity contribution in [2.24, 2.45) is 29.1 Å². The Bertz CT molecular complexity index is 2030. The second kappa shape index (κ2) is 13.0. The van der Waals surface area contributed by atoms with Crippen LogP contribution in [0.5, 0.6) is 0 Å². The van der Waals surface area contributed by atoms with Crippen LogP contribution in [0.25, 0.3) is 0 Å². The first kappa shape index (κ1) is 32.3. The van der Waals surface area contributed by atoms with E-state index in [-0.39, 0.29) is 5.41 Å². The number of nitrogens with zero attached hydrogens (tertiary/aromatic N) is 1. The van der Waals surface area contributed by atoms with Crippen LogP contribution in [0.15, 0.2) is 164 Å². The Balaban J connectivity index is 1.00. The molecule has 0 aromatic heterocycles. The molecule has 0 radical (unpaired) electrons. The van der Waals surface area contributed by atoms with Crippen molar-refractivity contribution in [2.45, 2.75) is 100 Å². The fourth-order valence-electron chi connectivity index (χ4n) is 11.9. The van der Waals surface area contributed by atoms with Crippen molar-refractivity contribution in [2.75, 3.05) is 0 Å². The topological polar surface area (TPSA) is 3.24 Å². The first-order valence-electron chi connectivity index (χ1n) is 20.6. The maximum atomic E-state index is 2.89. The number of hydrogen-bond donors (Lipinski definition) is 0. The van der Waals surface area contributed by atoms with Gasteiger partial charge in [-0.15, -0.1) is 11.8 Å². The Morgan fingerprint density at radius 2 is 1.54 bits per heavy atom. The van der Waals surface area contributed by atoms with Gasteiger partial charge in [-0.3, -0.25) is 0 Å². The Morgan fingerprint density at radius 1 is 0.673 bits per heavy atom. The van der Waals surface area contributed by atoms with Crippen molar-refractivity contribution in [3.05, 3.63) is 164 Å². The van der Waals surface area contributed by atoms with Crippen molar-refractivity contribution >= 4 is 23.5 Å². The van der Waals surface area contributed by atoms with E-state index in [0.29, 0.717) is 34.3 Å². The fourth-order valence-corrected chi connectivity index (χ4v) is 15.1. The molecular weight excluding hydrogens is 667 g/mol. The summed E-state index contributed by atoms with van der Waals surface area (Å²) in [4.78, 5) is 5.95. The van der Waals surface area contributed by atoms with Crippen LogP contribution in [0.4, 0.5) is 0 Å². The number of rotatable bonds is 3. The second-order valence-electron chi connectivity index (χ2n) is 16.8. The predicted octanol–water partition coefficient (Wildman–Crippen LogP) is 12.9. The molecule has 0 bridgehead atoms. The van der Waals surface area contributed by atoms with E-state index in [1.165, 1.54) is 81.1 Å². The lowest BCUT2D eigenvalue weighted by atomic mass is 9.52. The van der Waals surface area contributed by atoms with Crippen LogP contribution >= 0.6 is 23.5 Å². The summed E-state index contributed by atoms with van der Waals surface area (Å²) < 4.78 is 0. The van der Waals surface area contributed by atoms with Gasteiger partial charge in [-0.1, -0.05) is 121 Å². The van der Waals surface area contributed by atoms with E-state index in [2.05, 4.69) is 138 Å². The molecule has 11 rings (SSSR count). The summed E-state index contributed by atoms with van der Waals surface area (Å²) in [5, 5.41) is 1.11. The molecule has 3 heteroatoms. The molecule has 1 spiro atoms. The van der Waals surface area contributed by atoms with Gasteiger partial charge in [0.2, 0.25) is 0 Å². The predicted molar refractivity (Wildman–Crippen MR) is 222 cm³/mol. The molecule has 0 aromatic rings. The number of thioether (sulfide) groups is 2. The number of hydrogen-bond acceptors (Lipinski definition) is 3. The SMILES string of the molecule is C1=CC(N2C3=C(C=CCC3)C3C=C(C4=CC5SC6CCC(C7CC=CCC7)=CC6C6(C7=CCCC=C7SC7=C6C=CCC7)C5C=C4)C=CC32)=CCC1. The van der Waals surface area contributed by atoms with Crippen molar-refractivity contribution < 1.29 is 0 Å². The van der Waals surface area contributed by atoms with Gasteiger partial charge in [0.15, 0.2) is 0 Å². The van der Waals surface area contributed by atoms with Crippen molar-refractivity contribution in [3.8, 4) is 0 Å². The van der Waals surface area contributed by atoms with Crippen molar-refractivity contribution in [1.29, 1.82) is 0 Å². The average Bonchev–Trinajstić information content (AvgIpc) is 3.55. The van der Waals surface area contributed by atoms with Gasteiger partial charge in [-0.05, 0) is 128 Å². The summed E-state index contributed by atoms with van der Waals surface area (Å²) in [5.41, 5.74) is 12.6. The molecule has 0 N–H and O–H groups in total. The Labute approximate surface area is 320 Å². The minimum absolute atomic E-state index is 0.0146. The Morgan fingerprint density at radius 3 is 2.46 bits per heavy atom. The van der Waals surface area contributed by atoms with E-state index in [4.69, 9.17) is 0 Å². The van der Waals surface area contributed by atoms with Gasteiger partial charge in [-0.25, -0.2) is 0 Å². The molecule has 264 valence electrons. The van der Waals surface area contributed by atoms with E-state index >= 15 is 0 Å². The first-order valence-corrected chi connectivity index (χ1v) is 22.4. The van der Waals surface area contributed by atoms with Crippen molar-refractivity contribution in [3.63, 3.8) is 0 Å². The highest BCUT2D eigenvalue weighted by Crippen LogP contribution is 2.70. The molecule has 8 unspecified atom stereocenters. The molecule has 11 aliphatic rings. The standard InChI is InChI=1S/C49H51NS2/c1-3-13-32(14-4-1)34-25-28-47-42(30-34)49(39-18-8-11-21-45(39)51-46-22-12-9-19-40(46)49)41-26-23-35(31-48(41)52-47)33-24-27-44-38(29-33)37-17-7-10-20-43(37)50(44)36-15-5-2-6-16-36/h1,3,5,7-8,15-19,22-24,26-27,29-32,38,41-42,44,47-48H,2,4,6,9-14,20-21,25,28H2. The molecular formula is C49H51NS2. The molecule has 0 amide bonds. The van der Waals surface area contributed by atoms with Gasteiger partial charge < -0.3 is 4.90 Å². The minimum atomic E-state index is 0.0146. The van der Waals surface area contributed by atoms with E-state index in [1.807, 2.05) is 0 Å². The lowest BCUT2D eigenvalue weighted by Crippen LogP contribution is -2.54. The lowest BCUT2D eigenvalue weighted by Gasteiger charge is -2.60. The van der Waals surface area contributed by atoms with Crippen LogP contribution in [0.1, 0.15) is 83.5 Å². The quantitative estimate of drug-likeness (QED) is 0.268. The van der Waals surface area contributed by atoms with Crippen LogP contribution in [0.3, 0.4) is 0 Å². The summed E-state index contributed by atoms with van der Waals surface area (Å²) in [6, 6.07) is 0.383. The van der Waals surface area contributed by atoms with Gasteiger partial charge >= 0.3 is 0 Å². The summed E-state index contributed by atoms with van der Waals surface area (Å²) >= 11 is 4.47. The van der Waals surface area contributed by atoms with E-state index in [9.17, 15) is 0 Å². The third-order valence-corrected chi connectivity index (χ3v) is 17.0. The highest BCUT2D eigenvalue weighted by atomic mass is 32.2. The maximum Gasteiger partial charge on any atom is 0.0626 e. The monoisotopic (exact) mass is 717 g/mol. The van der Waals surface area contributed by atoms with Crippen LogP contribution < -0.4 is 0 Å². The van der Waals surface area contributed by atoms with Crippen LogP contribution in [-0.4, -0.2) is 21.4 Å². The molecule has 3 aliphatic heterocycles. The fraction of sp³-hybridized carbons (Fsp3) is 0.429. The first-order chi connectivity index (χ1) is 25.8. The molecule has 1 nitrogen and oxygen atoms in total. The smallest absolute Gasteiger partial charge is 0.0626 e. The summed E-state index contributed by atoms with van der Waals surface area (Å²) in [5.74, 6) is 2.15. The van der Waals surface area contributed by atoms with Crippen LogP contribution in [0, 0.1) is 29.1 Å². The molecule has 8 aliphatic carbocycles. The molecule has 52 heavy (non-hydrogen) atoms. The minimum Gasteiger partial charge on any atom is -0.337 e. The average molecular weight is 718 g/mol. The van der Waals surface area contributed by atoms with Crippen LogP contribution in [0.2, 0.25) is 0 Å². The van der Waals surface area contributed by atoms with Gasteiger partial charge in [0, 0.05) is 50.0 Å². The van der Waals surface area contributed by atoms with Gasteiger partial charge in [0.1, 0.15) is 0 Å². The van der Waals surface area contributed by atoms with E-state index < -0.39 is 0 Å². The normalized spacial score (nSPS) is 38.3.